The molecular formula is C13H15N3O6S. The Bertz CT molecular complexity index is 774. The standard InChI is InChI=1S/C13H15N3O6S/c1-8-2-3-9(6-10(8)23(14,20)21)12(18)22-7-11(17)16-5-4-15-13(16)19/h2-3,6H,4-5,7H2,1H3,(H,15,19)(H2,14,20,21). The summed E-state index contributed by atoms with van der Waals surface area (Å²) in [4.78, 5) is 35.7. The second-order valence-electron chi connectivity index (χ2n) is 4.88. The van der Waals surface area contributed by atoms with Crippen molar-refractivity contribution in [2.45, 2.75) is 11.8 Å². The predicted molar refractivity (Wildman–Crippen MR) is 77.9 cm³/mol. The number of sulfonamides is 1. The molecule has 0 radical (unpaired) electrons. The van der Waals surface area contributed by atoms with Gasteiger partial charge in [-0.3, -0.25) is 9.69 Å². The summed E-state index contributed by atoms with van der Waals surface area (Å²) >= 11 is 0. The van der Waals surface area contributed by atoms with E-state index < -0.39 is 34.5 Å². The van der Waals surface area contributed by atoms with Gasteiger partial charge in [-0.25, -0.2) is 23.1 Å². The van der Waals surface area contributed by atoms with Gasteiger partial charge in [-0.15, -0.1) is 0 Å². The third-order valence-corrected chi connectivity index (χ3v) is 4.27. The minimum absolute atomic E-state index is 0.0571. The van der Waals surface area contributed by atoms with Crippen LogP contribution in [0.3, 0.4) is 0 Å². The van der Waals surface area contributed by atoms with Gasteiger partial charge < -0.3 is 10.1 Å². The highest BCUT2D eigenvalue weighted by molar-refractivity contribution is 7.89. The molecule has 23 heavy (non-hydrogen) atoms. The number of hydrogen-bond donors (Lipinski definition) is 2. The van der Waals surface area contributed by atoms with Gasteiger partial charge in [0.25, 0.3) is 5.91 Å². The zero-order valence-electron chi connectivity index (χ0n) is 12.2. The van der Waals surface area contributed by atoms with Crippen LogP contribution in [-0.4, -0.2) is 50.9 Å². The number of aryl methyl sites for hydroxylation is 1. The number of ether oxygens (including phenoxy) is 1. The van der Waals surface area contributed by atoms with Crippen molar-refractivity contribution in [1.82, 2.24) is 10.2 Å². The fourth-order valence-electron chi connectivity index (χ4n) is 2.03. The van der Waals surface area contributed by atoms with E-state index in [2.05, 4.69) is 5.32 Å². The van der Waals surface area contributed by atoms with Crippen LogP contribution in [0.4, 0.5) is 4.79 Å². The molecule has 1 heterocycles. The average molecular weight is 341 g/mol. The molecule has 1 aliphatic heterocycles. The Morgan fingerprint density at radius 2 is 2.09 bits per heavy atom. The molecule has 0 aliphatic carbocycles. The smallest absolute Gasteiger partial charge is 0.338 e. The molecular weight excluding hydrogens is 326 g/mol. The first-order chi connectivity index (χ1) is 10.7. The van der Waals surface area contributed by atoms with Crippen molar-refractivity contribution in [3.8, 4) is 0 Å². The van der Waals surface area contributed by atoms with Crippen molar-refractivity contribution in [2.75, 3.05) is 19.7 Å². The summed E-state index contributed by atoms with van der Waals surface area (Å²) in [5.41, 5.74) is 0.326. The molecule has 3 N–H and O–H groups in total. The van der Waals surface area contributed by atoms with E-state index in [9.17, 15) is 22.8 Å². The molecule has 1 saturated heterocycles. The summed E-state index contributed by atoms with van der Waals surface area (Å²) in [6, 6.07) is 3.31. The lowest BCUT2D eigenvalue weighted by Crippen LogP contribution is -2.37. The molecule has 3 amide bonds. The number of nitrogens with zero attached hydrogens (tertiary/aromatic N) is 1. The number of amides is 3. The fraction of sp³-hybridized carbons (Fsp3) is 0.308. The van der Waals surface area contributed by atoms with Gasteiger partial charge >= 0.3 is 12.0 Å². The summed E-state index contributed by atoms with van der Waals surface area (Å²) in [6.45, 7) is 1.46. The number of rotatable bonds is 4. The molecule has 10 heteroatoms. The van der Waals surface area contributed by atoms with Gasteiger partial charge in [0, 0.05) is 13.1 Å². The van der Waals surface area contributed by atoms with Gasteiger partial charge in [-0.05, 0) is 24.6 Å². The number of carbonyl (C=O) groups is 3. The number of urea groups is 1. The third-order valence-electron chi connectivity index (χ3n) is 3.21. The summed E-state index contributed by atoms with van der Waals surface area (Å²) in [7, 11) is -3.98. The van der Waals surface area contributed by atoms with E-state index in [1.54, 1.807) is 0 Å². The topological polar surface area (TPSA) is 136 Å². The van der Waals surface area contributed by atoms with Gasteiger partial charge in [-0.2, -0.15) is 0 Å². The highest BCUT2D eigenvalue weighted by atomic mass is 32.2. The second kappa shape index (κ2) is 6.34. The Kier molecular flexibility index (Phi) is 4.66. The van der Waals surface area contributed by atoms with Gasteiger partial charge in [-0.1, -0.05) is 6.07 Å². The lowest BCUT2D eigenvalue weighted by Gasteiger charge is -2.12. The summed E-state index contributed by atoms with van der Waals surface area (Å²) in [6.07, 6.45) is 0. The number of esters is 1. The van der Waals surface area contributed by atoms with Crippen molar-refractivity contribution in [3.63, 3.8) is 0 Å². The monoisotopic (exact) mass is 341 g/mol. The molecule has 1 aromatic carbocycles. The Labute approximate surface area is 132 Å². The fourth-order valence-corrected chi connectivity index (χ4v) is 2.84. The van der Waals surface area contributed by atoms with E-state index in [-0.39, 0.29) is 17.0 Å². The van der Waals surface area contributed by atoms with Crippen molar-refractivity contribution in [2.24, 2.45) is 5.14 Å². The Morgan fingerprint density at radius 1 is 1.39 bits per heavy atom. The Balaban J connectivity index is 2.07. The van der Waals surface area contributed by atoms with Crippen LogP contribution in [0.5, 0.6) is 0 Å². The number of primary sulfonamides is 1. The molecule has 2 rings (SSSR count). The molecule has 0 atom stereocenters. The lowest BCUT2D eigenvalue weighted by molar-refractivity contribution is -0.130. The van der Waals surface area contributed by atoms with Crippen LogP contribution < -0.4 is 10.5 Å². The maximum Gasteiger partial charge on any atom is 0.338 e. The van der Waals surface area contributed by atoms with Crippen LogP contribution in [0.25, 0.3) is 0 Å². The number of carbonyl (C=O) groups excluding carboxylic acids is 3. The molecule has 1 aromatic rings. The van der Waals surface area contributed by atoms with Crippen molar-refractivity contribution < 1.29 is 27.5 Å². The van der Waals surface area contributed by atoms with Gasteiger partial charge in [0.05, 0.1) is 10.5 Å². The van der Waals surface area contributed by atoms with Crippen LogP contribution in [0.2, 0.25) is 0 Å². The van der Waals surface area contributed by atoms with Gasteiger partial charge in [0.2, 0.25) is 10.0 Å². The summed E-state index contributed by atoms with van der Waals surface area (Å²) in [5, 5.41) is 7.51. The van der Waals surface area contributed by atoms with Crippen LogP contribution in [0.1, 0.15) is 15.9 Å². The summed E-state index contributed by atoms with van der Waals surface area (Å²) in [5.74, 6) is -1.55. The van der Waals surface area contributed by atoms with Crippen LogP contribution >= 0.6 is 0 Å². The second-order valence-corrected chi connectivity index (χ2v) is 6.41. The minimum atomic E-state index is -3.98. The first-order valence-electron chi connectivity index (χ1n) is 6.59. The van der Waals surface area contributed by atoms with Gasteiger partial charge in [0.15, 0.2) is 6.61 Å². The Hall–Kier alpha value is -2.46. The molecule has 1 fully saturated rings. The average Bonchev–Trinajstić information content (AvgIpc) is 2.90. The molecule has 124 valence electrons. The molecule has 0 bridgehead atoms. The summed E-state index contributed by atoms with van der Waals surface area (Å²) < 4.78 is 27.7. The largest absolute Gasteiger partial charge is 0.452 e. The highest BCUT2D eigenvalue weighted by Crippen LogP contribution is 2.16. The van der Waals surface area contributed by atoms with Crippen LogP contribution in [-0.2, 0) is 19.6 Å². The maximum absolute atomic E-state index is 11.9. The van der Waals surface area contributed by atoms with Gasteiger partial charge in [0.1, 0.15) is 0 Å². The molecule has 0 saturated carbocycles. The number of nitrogens with one attached hydrogen (secondary N) is 1. The van der Waals surface area contributed by atoms with Crippen LogP contribution in [0, 0.1) is 6.92 Å². The highest BCUT2D eigenvalue weighted by Gasteiger charge is 2.27. The number of hydrogen-bond acceptors (Lipinski definition) is 6. The lowest BCUT2D eigenvalue weighted by atomic mass is 10.1. The van der Waals surface area contributed by atoms with Crippen molar-refractivity contribution in [1.29, 1.82) is 0 Å². The SMILES string of the molecule is Cc1ccc(C(=O)OCC(=O)N2CCNC2=O)cc1S(N)(=O)=O. The number of benzene rings is 1. The van der Waals surface area contributed by atoms with E-state index in [0.717, 1.165) is 11.0 Å². The first kappa shape index (κ1) is 16.9. The number of imide groups is 1. The molecule has 1 aliphatic rings. The molecule has 9 nitrogen and oxygen atoms in total. The van der Waals surface area contributed by atoms with Crippen molar-refractivity contribution >= 4 is 27.9 Å². The molecule has 0 aromatic heterocycles. The zero-order valence-corrected chi connectivity index (χ0v) is 13.1. The first-order valence-corrected chi connectivity index (χ1v) is 8.13. The van der Waals surface area contributed by atoms with E-state index in [4.69, 9.17) is 9.88 Å². The normalized spacial score (nSPS) is 14.5. The maximum atomic E-state index is 11.9. The third kappa shape index (κ3) is 3.85. The Morgan fingerprint density at radius 3 is 2.65 bits per heavy atom. The minimum Gasteiger partial charge on any atom is -0.452 e. The number of nitrogens with two attached hydrogens (primary N) is 1. The van der Waals surface area contributed by atoms with Crippen LogP contribution in [0.15, 0.2) is 23.1 Å². The van der Waals surface area contributed by atoms with E-state index in [1.807, 2.05) is 0 Å². The predicted octanol–water partition coefficient (Wildman–Crippen LogP) is -0.649. The quantitative estimate of drug-likeness (QED) is 0.699. The van der Waals surface area contributed by atoms with E-state index in [0.29, 0.717) is 12.1 Å². The van der Waals surface area contributed by atoms with E-state index >= 15 is 0 Å². The van der Waals surface area contributed by atoms with Crippen molar-refractivity contribution in [3.05, 3.63) is 29.3 Å². The molecule has 0 unspecified atom stereocenters. The zero-order chi connectivity index (χ0) is 17.2. The van der Waals surface area contributed by atoms with E-state index in [1.165, 1.54) is 19.1 Å². The molecule has 0 spiro atoms.